The van der Waals surface area contributed by atoms with Crippen molar-refractivity contribution in [1.29, 1.82) is 0 Å². The van der Waals surface area contributed by atoms with Gasteiger partial charge >= 0.3 is 0 Å². The van der Waals surface area contributed by atoms with Gasteiger partial charge in [0.05, 0.1) is 17.0 Å². The zero-order valence-electron chi connectivity index (χ0n) is 36.9. The molecular weight excluding hydrogens is 898 g/mol. The zero-order valence-corrected chi connectivity index (χ0v) is 38.8. The number of amides is 4. The Bertz CT molecular complexity index is 1610. The van der Waals surface area contributed by atoms with Gasteiger partial charge in [0.2, 0.25) is 23.6 Å². The molecule has 1 aromatic carbocycles. The van der Waals surface area contributed by atoms with Gasteiger partial charge in [-0.15, -0.1) is 5.75 Å². The van der Waals surface area contributed by atoms with E-state index in [4.69, 9.17) is 11.6 Å². The Labute approximate surface area is 383 Å². The average molecular weight is 953 g/mol. The third-order valence-corrected chi connectivity index (χ3v) is 11.0. The molecule has 4 rings (SSSR count). The summed E-state index contributed by atoms with van der Waals surface area (Å²) >= 11 is 6.76. The van der Waals surface area contributed by atoms with E-state index >= 15 is 0 Å². The number of carbonyl (C=O) groups is 9. The van der Waals surface area contributed by atoms with Crippen LogP contribution >= 0.6 is 58.8 Å². The maximum Gasteiger partial charge on any atom is 0.243 e. The van der Waals surface area contributed by atoms with Gasteiger partial charge in [0.15, 0.2) is 5.12 Å². The molecule has 1 aromatic rings. The zero-order chi connectivity index (χ0) is 46.4. The molecule has 3 aliphatic rings. The van der Waals surface area contributed by atoms with Crippen molar-refractivity contribution in [3.63, 3.8) is 0 Å². The van der Waals surface area contributed by atoms with Crippen LogP contribution in [0.15, 0.2) is 24.3 Å². The van der Waals surface area contributed by atoms with Crippen molar-refractivity contribution >= 4 is 126 Å². The SMILES string of the molecule is CSC[C-]=O.[2H]C(=O)C1CCC(CN2C(=O)CC(SC)C2=O)CC1.[2H]C(=O)CN1C(=O)CC(SC)C1=O.[2H]C(=O)CSC.[2H]C(=O)c1ccc(CC(=O)SC)cc1.[2H][C-]=O.[Y]. The van der Waals surface area contributed by atoms with Crippen molar-refractivity contribution in [3.05, 3.63) is 35.4 Å². The minimum absolute atomic E-state index is 0. The molecule has 309 valence electrons. The van der Waals surface area contributed by atoms with Crippen LogP contribution in [0.4, 0.5) is 0 Å². The Morgan fingerprint density at radius 3 is 1.71 bits per heavy atom. The number of nitrogens with zero attached hydrogens (tertiary/aromatic N) is 2. The summed E-state index contributed by atoms with van der Waals surface area (Å²) in [6, 6.07) is 6.54. The molecule has 2 saturated heterocycles. The van der Waals surface area contributed by atoms with Crippen LogP contribution in [-0.2, 0) is 87.1 Å². The Morgan fingerprint density at radius 1 is 0.857 bits per heavy atom. The van der Waals surface area contributed by atoms with E-state index in [1.807, 2.05) is 12.5 Å². The molecule has 4 amide bonds. The van der Waals surface area contributed by atoms with Crippen molar-refractivity contribution in [1.82, 2.24) is 9.80 Å². The fourth-order valence-electron chi connectivity index (χ4n) is 4.86. The van der Waals surface area contributed by atoms with Crippen molar-refractivity contribution in [2.24, 2.45) is 11.8 Å². The number of aldehydes is 4. The molecule has 0 N–H and O–H groups in total. The third-order valence-electron chi connectivity index (χ3n) is 7.71. The molecule has 2 aliphatic heterocycles. The summed E-state index contributed by atoms with van der Waals surface area (Å²) < 4.78 is 32.3. The molecule has 1 saturated carbocycles. The second-order valence-electron chi connectivity index (χ2n) is 11.2. The Morgan fingerprint density at radius 2 is 1.38 bits per heavy atom. The minimum Gasteiger partial charge on any atom is -0.545 e. The van der Waals surface area contributed by atoms with Gasteiger partial charge in [-0.05, 0) is 68.4 Å². The largest absolute Gasteiger partial charge is 0.545 e. The van der Waals surface area contributed by atoms with Gasteiger partial charge in [0, 0.05) is 75.8 Å². The third kappa shape index (κ3) is 24.1. The maximum absolute atomic E-state index is 12.0. The predicted octanol–water partition coefficient (Wildman–Crippen LogP) is 3.82. The molecule has 56 heavy (non-hydrogen) atoms. The Kier molecular flexibility index (Phi) is 32.3. The first-order chi connectivity index (χ1) is 28.3. The molecule has 0 spiro atoms. The second-order valence-corrected chi connectivity index (χ2v) is 15.9. The number of thioether (sulfide) groups is 5. The number of carbonyl (C=O) groups excluding carboxylic acids is 11. The van der Waals surface area contributed by atoms with E-state index in [0.29, 0.717) is 42.4 Å². The van der Waals surface area contributed by atoms with Gasteiger partial charge in [0.1, 0.15) is 30.5 Å². The van der Waals surface area contributed by atoms with Crippen molar-refractivity contribution in [2.45, 2.75) is 55.4 Å². The van der Waals surface area contributed by atoms with E-state index in [9.17, 15) is 47.9 Å². The molecule has 2 unspecified atom stereocenters. The number of likely N-dealkylation sites (tertiary alicyclic amines) is 2. The summed E-state index contributed by atoms with van der Waals surface area (Å²) in [5.41, 5.74) is 1.22. The molecule has 0 aromatic heterocycles. The minimum atomic E-state index is -0.913. The summed E-state index contributed by atoms with van der Waals surface area (Å²) in [4.78, 5) is 119. The number of benzene rings is 1. The van der Waals surface area contributed by atoms with E-state index in [-0.39, 0.29) is 84.3 Å². The molecule has 1 aliphatic carbocycles. The van der Waals surface area contributed by atoms with Crippen molar-refractivity contribution in [3.8, 4) is 0 Å². The second kappa shape index (κ2) is 37.3. The Balaban J connectivity index is -0.000000720. The molecule has 3 fully saturated rings. The number of hydrogen-bond donors (Lipinski definition) is 0. The Hall–Kier alpha value is -1.96. The van der Waals surface area contributed by atoms with E-state index in [2.05, 4.69) is 0 Å². The fraction of sp³-hybridized carbons (Fsp3) is 0.541. The maximum atomic E-state index is 12.0. The van der Waals surface area contributed by atoms with Crippen LogP contribution in [0.1, 0.15) is 61.3 Å². The number of rotatable bonds is 14. The molecule has 13 nitrogen and oxygen atoms in total. The monoisotopic (exact) mass is 952 g/mol. The van der Waals surface area contributed by atoms with Crippen molar-refractivity contribution in [2.75, 3.05) is 55.9 Å². The standard InChI is InChI=1S/C13H19NO3S.C10H10O2S.C7H9NO3S.C3H6OS.C3H5OS.CHO.Y/c1-18-11-6-12(16)14(13(11)17)7-9-2-4-10(8-15)5-3-9;1-13-10(12)6-8-2-4-9(7-11)5-3-8;1-12-5-4-6(10)8(2-3-9)7(5)11;2*1-5-3-2-4;1-2;/h8-11H,2-7H2,1H3;2-5,7H,6H2,1H3;3,5H,2,4H2,1H3;2H,3H2,1H3;3H2,1H3;1H;/q;;;;2*-1;/i8D;7D;3D;2D;;1D;. The van der Waals surface area contributed by atoms with Gasteiger partial charge in [0.25, 0.3) is 0 Å². The van der Waals surface area contributed by atoms with E-state index in [0.717, 1.165) is 42.9 Å². The van der Waals surface area contributed by atoms with Crippen LogP contribution in [0.5, 0.6) is 0 Å². The fourth-order valence-corrected chi connectivity index (χ4v) is 6.69. The average Bonchev–Trinajstić information content (AvgIpc) is 3.63. The first kappa shape index (κ1) is 48.4. The molecular formula is C37H50N2O11S5Y-2. The quantitative estimate of drug-likeness (QED) is 0.148. The van der Waals surface area contributed by atoms with Gasteiger partial charge in [-0.25, -0.2) is 0 Å². The smallest absolute Gasteiger partial charge is 0.243 e. The summed E-state index contributed by atoms with van der Waals surface area (Å²) in [5.74, 6) is 0.145. The van der Waals surface area contributed by atoms with Gasteiger partial charge in [-0.3, -0.25) is 51.6 Å². The summed E-state index contributed by atoms with van der Waals surface area (Å²) in [6.45, 7) is 0.836. The summed E-state index contributed by atoms with van der Waals surface area (Å²) in [7, 11) is 0. The van der Waals surface area contributed by atoms with Crippen LogP contribution in [0.2, 0.25) is 0 Å². The molecule has 1 radical (unpaired) electrons. The molecule has 2 atom stereocenters. The van der Waals surface area contributed by atoms with E-state index < -0.39 is 31.6 Å². The summed E-state index contributed by atoms with van der Waals surface area (Å²) in [5, 5.41) is -0.486. The summed E-state index contributed by atoms with van der Waals surface area (Å²) in [6.07, 6.45) is 12.1. The number of hydrogen-bond acceptors (Lipinski definition) is 16. The van der Waals surface area contributed by atoms with Gasteiger partial charge in [-0.1, -0.05) is 36.0 Å². The van der Waals surface area contributed by atoms with E-state index in [1.165, 1.54) is 63.7 Å². The van der Waals surface area contributed by atoms with Gasteiger partial charge < -0.3 is 24.0 Å². The normalized spacial score (nSPS) is 20.4. The van der Waals surface area contributed by atoms with Crippen LogP contribution < -0.4 is 0 Å². The van der Waals surface area contributed by atoms with Crippen LogP contribution in [-0.4, -0.2) is 143 Å². The first-order valence-corrected chi connectivity index (χ1v) is 22.9. The molecule has 0 bridgehead atoms. The van der Waals surface area contributed by atoms with Crippen LogP contribution in [0, 0.1) is 11.8 Å². The molecule has 19 heteroatoms. The number of imide groups is 2. The molecule has 2 heterocycles. The first-order valence-electron chi connectivity index (χ1n) is 18.8. The van der Waals surface area contributed by atoms with E-state index in [1.54, 1.807) is 49.3 Å². The topological polar surface area (TPSA) is 194 Å². The van der Waals surface area contributed by atoms with Crippen LogP contribution in [0.3, 0.4) is 0 Å². The van der Waals surface area contributed by atoms with Crippen LogP contribution in [0.25, 0.3) is 0 Å². The predicted molar refractivity (Wildman–Crippen MR) is 224 cm³/mol. The van der Waals surface area contributed by atoms with Gasteiger partial charge in [-0.2, -0.15) is 48.4 Å². The van der Waals surface area contributed by atoms with Crippen molar-refractivity contribution < 1.29 is 92.3 Å².